The molecule has 104 valence electrons. The van der Waals surface area contributed by atoms with E-state index in [1.54, 1.807) is 12.1 Å². The number of rotatable bonds is 5. The molecule has 2 rings (SSSR count). The summed E-state index contributed by atoms with van der Waals surface area (Å²) in [5.74, 6) is 0.606. The lowest BCUT2D eigenvalue weighted by Gasteiger charge is -2.11. The first kappa shape index (κ1) is 14.6. The molecule has 0 bridgehead atoms. The van der Waals surface area contributed by atoms with Gasteiger partial charge < -0.3 is 4.74 Å². The van der Waals surface area contributed by atoms with Gasteiger partial charge in [-0.15, -0.1) is 0 Å². The van der Waals surface area contributed by atoms with Crippen molar-refractivity contribution in [3.63, 3.8) is 0 Å². The molecular formula is C18H16N2O. The lowest BCUT2D eigenvalue weighted by molar-refractivity contribution is 0.306. The maximum Gasteiger partial charge on any atom is 0.119 e. The van der Waals surface area contributed by atoms with Gasteiger partial charge in [0, 0.05) is 6.42 Å². The summed E-state index contributed by atoms with van der Waals surface area (Å²) in [5, 5.41) is 18.1. The molecule has 0 spiro atoms. The Morgan fingerprint density at radius 1 is 1.10 bits per heavy atom. The lowest BCUT2D eigenvalue weighted by Crippen LogP contribution is -2.04. The first-order chi connectivity index (χ1) is 10.2. The van der Waals surface area contributed by atoms with E-state index in [1.807, 2.05) is 43.3 Å². The minimum Gasteiger partial charge on any atom is -0.494 e. The Balaban J connectivity index is 1.94. The third-order valence-electron chi connectivity index (χ3n) is 3.26. The second kappa shape index (κ2) is 7.12. The van der Waals surface area contributed by atoms with E-state index in [9.17, 15) is 5.26 Å². The monoisotopic (exact) mass is 276 g/mol. The number of nitriles is 2. The van der Waals surface area contributed by atoms with E-state index >= 15 is 0 Å². The van der Waals surface area contributed by atoms with Crippen LogP contribution >= 0.6 is 0 Å². The van der Waals surface area contributed by atoms with E-state index in [4.69, 9.17) is 10.00 Å². The van der Waals surface area contributed by atoms with Gasteiger partial charge in [-0.1, -0.05) is 24.3 Å². The van der Waals surface area contributed by atoms with Gasteiger partial charge in [0.1, 0.15) is 5.75 Å². The van der Waals surface area contributed by atoms with Gasteiger partial charge in [0.2, 0.25) is 0 Å². The highest BCUT2D eigenvalue weighted by Crippen LogP contribution is 2.20. The predicted molar refractivity (Wildman–Crippen MR) is 80.8 cm³/mol. The highest BCUT2D eigenvalue weighted by molar-refractivity contribution is 5.35. The summed E-state index contributed by atoms with van der Waals surface area (Å²) in [5.41, 5.74) is 2.67. The zero-order valence-corrected chi connectivity index (χ0v) is 11.9. The minimum absolute atomic E-state index is 0.220. The molecule has 0 amide bonds. The average Bonchev–Trinajstić information content (AvgIpc) is 2.52. The van der Waals surface area contributed by atoms with Crippen LogP contribution in [0.15, 0.2) is 48.5 Å². The molecule has 0 aliphatic rings. The van der Waals surface area contributed by atoms with Gasteiger partial charge in [0.05, 0.1) is 30.2 Å². The first-order valence-corrected chi connectivity index (χ1v) is 6.82. The van der Waals surface area contributed by atoms with Crippen LogP contribution in [0.2, 0.25) is 0 Å². The molecule has 0 saturated carbocycles. The molecule has 0 fully saturated rings. The molecule has 3 nitrogen and oxygen atoms in total. The molecule has 0 aromatic heterocycles. The van der Waals surface area contributed by atoms with Crippen molar-refractivity contribution in [1.82, 2.24) is 0 Å². The van der Waals surface area contributed by atoms with Gasteiger partial charge >= 0.3 is 0 Å². The zero-order valence-electron chi connectivity index (χ0n) is 11.9. The SMILES string of the molecule is Cc1cccc(OCCC(C#N)c2ccc(C#N)cc2)c1. The molecular weight excluding hydrogens is 260 g/mol. The molecule has 2 aromatic rings. The third-order valence-corrected chi connectivity index (χ3v) is 3.26. The summed E-state index contributed by atoms with van der Waals surface area (Å²) in [6.45, 7) is 2.50. The van der Waals surface area contributed by atoms with Crippen LogP contribution < -0.4 is 4.74 Å². The van der Waals surface area contributed by atoms with Crippen LogP contribution in [0.4, 0.5) is 0 Å². The van der Waals surface area contributed by atoms with E-state index in [1.165, 1.54) is 0 Å². The lowest BCUT2D eigenvalue weighted by atomic mass is 9.97. The largest absolute Gasteiger partial charge is 0.494 e. The Morgan fingerprint density at radius 3 is 2.48 bits per heavy atom. The fraction of sp³-hybridized carbons (Fsp3) is 0.222. The van der Waals surface area contributed by atoms with Gasteiger partial charge in [0.15, 0.2) is 0 Å². The van der Waals surface area contributed by atoms with Crippen molar-refractivity contribution in [3.8, 4) is 17.9 Å². The van der Waals surface area contributed by atoms with E-state index in [-0.39, 0.29) is 5.92 Å². The fourth-order valence-electron chi connectivity index (χ4n) is 2.10. The topological polar surface area (TPSA) is 56.8 Å². The van der Waals surface area contributed by atoms with Crippen molar-refractivity contribution in [2.75, 3.05) is 6.61 Å². The second-order valence-corrected chi connectivity index (χ2v) is 4.87. The van der Waals surface area contributed by atoms with E-state index in [2.05, 4.69) is 12.1 Å². The molecule has 0 saturated heterocycles. The van der Waals surface area contributed by atoms with Crippen molar-refractivity contribution in [2.24, 2.45) is 0 Å². The summed E-state index contributed by atoms with van der Waals surface area (Å²) < 4.78 is 5.68. The smallest absolute Gasteiger partial charge is 0.119 e. The summed E-state index contributed by atoms with van der Waals surface area (Å²) in [4.78, 5) is 0. The quantitative estimate of drug-likeness (QED) is 0.831. The molecule has 0 aliphatic heterocycles. The normalized spacial score (nSPS) is 11.2. The number of nitrogens with zero attached hydrogens (tertiary/aromatic N) is 2. The van der Waals surface area contributed by atoms with Crippen LogP contribution in [0, 0.1) is 29.6 Å². The third kappa shape index (κ3) is 4.09. The molecule has 0 heterocycles. The van der Waals surface area contributed by atoms with E-state index in [0.717, 1.165) is 16.9 Å². The summed E-state index contributed by atoms with van der Waals surface area (Å²) >= 11 is 0. The molecule has 3 heteroatoms. The van der Waals surface area contributed by atoms with Crippen molar-refractivity contribution < 1.29 is 4.74 Å². The Morgan fingerprint density at radius 2 is 1.86 bits per heavy atom. The van der Waals surface area contributed by atoms with E-state index in [0.29, 0.717) is 18.6 Å². The number of benzene rings is 2. The predicted octanol–water partition coefficient (Wildman–Crippen LogP) is 3.94. The first-order valence-electron chi connectivity index (χ1n) is 6.82. The molecule has 1 atom stereocenters. The Bertz CT molecular complexity index is 678. The van der Waals surface area contributed by atoms with Crippen molar-refractivity contribution in [1.29, 1.82) is 10.5 Å². The van der Waals surface area contributed by atoms with E-state index < -0.39 is 0 Å². The maximum absolute atomic E-state index is 9.28. The standard InChI is InChI=1S/C18H16N2O/c1-14-3-2-4-18(11-14)21-10-9-17(13-20)16-7-5-15(12-19)6-8-16/h2-8,11,17H,9-10H2,1H3. The van der Waals surface area contributed by atoms with Crippen molar-refractivity contribution in [2.45, 2.75) is 19.3 Å². The summed E-state index contributed by atoms with van der Waals surface area (Å²) in [6.07, 6.45) is 0.621. The van der Waals surface area contributed by atoms with Crippen LogP contribution in [0.1, 0.15) is 29.0 Å². The average molecular weight is 276 g/mol. The highest BCUT2D eigenvalue weighted by Gasteiger charge is 2.10. The minimum atomic E-state index is -0.220. The van der Waals surface area contributed by atoms with Crippen molar-refractivity contribution in [3.05, 3.63) is 65.2 Å². The van der Waals surface area contributed by atoms with Gasteiger partial charge in [-0.05, 0) is 42.3 Å². The maximum atomic E-state index is 9.28. The Labute approximate surface area is 125 Å². The highest BCUT2D eigenvalue weighted by atomic mass is 16.5. The zero-order chi connectivity index (χ0) is 15.1. The molecule has 1 unspecified atom stereocenters. The Kier molecular flexibility index (Phi) is 4.96. The number of aryl methyl sites for hydroxylation is 1. The van der Waals surface area contributed by atoms with Gasteiger partial charge in [0.25, 0.3) is 0 Å². The van der Waals surface area contributed by atoms with Crippen LogP contribution in [-0.2, 0) is 0 Å². The molecule has 0 radical (unpaired) electrons. The van der Waals surface area contributed by atoms with Crippen LogP contribution in [0.25, 0.3) is 0 Å². The number of hydrogen-bond donors (Lipinski definition) is 0. The number of hydrogen-bond acceptors (Lipinski definition) is 3. The molecule has 21 heavy (non-hydrogen) atoms. The van der Waals surface area contributed by atoms with Crippen LogP contribution in [-0.4, -0.2) is 6.61 Å². The second-order valence-electron chi connectivity index (χ2n) is 4.87. The molecule has 0 aliphatic carbocycles. The summed E-state index contributed by atoms with van der Waals surface area (Å²) in [7, 11) is 0. The van der Waals surface area contributed by atoms with Crippen LogP contribution in [0.3, 0.4) is 0 Å². The van der Waals surface area contributed by atoms with Crippen LogP contribution in [0.5, 0.6) is 5.75 Å². The molecule has 0 N–H and O–H groups in total. The Hall–Kier alpha value is -2.78. The summed E-state index contributed by atoms with van der Waals surface area (Å²) in [6, 6.07) is 19.4. The van der Waals surface area contributed by atoms with Gasteiger partial charge in [-0.3, -0.25) is 0 Å². The molecule has 2 aromatic carbocycles. The number of ether oxygens (including phenoxy) is 1. The van der Waals surface area contributed by atoms with Gasteiger partial charge in [-0.2, -0.15) is 10.5 Å². The fourth-order valence-corrected chi connectivity index (χ4v) is 2.10. The van der Waals surface area contributed by atoms with Gasteiger partial charge in [-0.25, -0.2) is 0 Å². The van der Waals surface area contributed by atoms with Crippen molar-refractivity contribution >= 4 is 0 Å².